The van der Waals surface area contributed by atoms with E-state index in [1.807, 2.05) is 42.2 Å². The standard InChI is InChI=1S/C21H26N2O.C4H4O4/c1-2-21(24)23(19-11-7-4-8-12-19)20-14-16-22(17-20)15-13-18-9-5-3-6-10-18;5-3(6)1-2-4(7)8/h3-12,20H,2,13-17H2,1H3;1-2H,(H,5,6)(H,7,8)/b;2-1+. The van der Waals surface area contributed by atoms with Crippen molar-refractivity contribution in [3.8, 4) is 0 Å². The molecule has 2 N–H and O–H groups in total. The second-order valence-electron chi connectivity index (χ2n) is 7.44. The van der Waals surface area contributed by atoms with Gasteiger partial charge < -0.3 is 20.0 Å². The molecule has 0 spiro atoms. The van der Waals surface area contributed by atoms with E-state index < -0.39 is 11.9 Å². The molecule has 1 aliphatic heterocycles. The summed E-state index contributed by atoms with van der Waals surface area (Å²) >= 11 is 0. The highest BCUT2D eigenvalue weighted by Gasteiger charge is 2.30. The molecule has 3 rings (SSSR count). The van der Waals surface area contributed by atoms with E-state index in [1.165, 1.54) is 5.56 Å². The lowest BCUT2D eigenvalue weighted by atomic mass is 10.1. The number of hydrogen-bond donors (Lipinski definition) is 2. The summed E-state index contributed by atoms with van der Waals surface area (Å²) in [7, 11) is 0. The molecule has 0 radical (unpaired) electrons. The molecule has 0 aromatic heterocycles. The molecule has 7 heteroatoms. The predicted octanol–water partition coefficient (Wildman–Crippen LogP) is 3.46. The van der Waals surface area contributed by atoms with Gasteiger partial charge in [0.1, 0.15) is 0 Å². The maximum Gasteiger partial charge on any atom is 0.328 e. The van der Waals surface area contributed by atoms with Crippen molar-refractivity contribution in [1.82, 2.24) is 4.90 Å². The molecule has 32 heavy (non-hydrogen) atoms. The molecule has 1 aliphatic rings. The normalized spacial score (nSPS) is 15.7. The molecule has 7 nitrogen and oxygen atoms in total. The Morgan fingerprint density at radius 2 is 1.53 bits per heavy atom. The second-order valence-corrected chi connectivity index (χ2v) is 7.44. The smallest absolute Gasteiger partial charge is 0.328 e. The second kappa shape index (κ2) is 13.1. The fraction of sp³-hybridized carbons (Fsp3) is 0.320. The van der Waals surface area contributed by atoms with Crippen LogP contribution in [0.25, 0.3) is 0 Å². The van der Waals surface area contributed by atoms with Gasteiger partial charge in [-0.2, -0.15) is 0 Å². The summed E-state index contributed by atoms with van der Waals surface area (Å²) in [6.45, 7) is 5.04. The molecule has 170 valence electrons. The third-order valence-electron chi connectivity index (χ3n) is 5.15. The summed E-state index contributed by atoms with van der Waals surface area (Å²) in [5, 5.41) is 15.6. The Morgan fingerprint density at radius 1 is 0.969 bits per heavy atom. The topological polar surface area (TPSA) is 98.2 Å². The van der Waals surface area contributed by atoms with Crippen LogP contribution >= 0.6 is 0 Å². The van der Waals surface area contributed by atoms with E-state index in [0.29, 0.717) is 18.6 Å². The number of carbonyl (C=O) groups excluding carboxylic acids is 1. The Labute approximate surface area is 188 Å². The third kappa shape index (κ3) is 8.35. The fourth-order valence-corrected chi connectivity index (χ4v) is 3.62. The van der Waals surface area contributed by atoms with Crippen molar-refractivity contribution >= 4 is 23.5 Å². The minimum absolute atomic E-state index is 0.219. The summed E-state index contributed by atoms with van der Waals surface area (Å²) in [5.74, 6) is -2.30. The molecule has 1 atom stereocenters. The van der Waals surface area contributed by atoms with Crippen molar-refractivity contribution in [2.24, 2.45) is 0 Å². The average molecular weight is 439 g/mol. The number of hydrogen-bond acceptors (Lipinski definition) is 4. The third-order valence-corrected chi connectivity index (χ3v) is 5.15. The zero-order valence-electron chi connectivity index (χ0n) is 18.3. The summed E-state index contributed by atoms with van der Waals surface area (Å²) in [5.41, 5.74) is 2.41. The van der Waals surface area contributed by atoms with E-state index in [0.717, 1.165) is 38.2 Å². The Hall–Kier alpha value is -3.45. The Balaban J connectivity index is 0.000000390. The number of para-hydroxylation sites is 1. The highest BCUT2D eigenvalue weighted by atomic mass is 16.4. The number of benzene rings is 2. The van der Waals surface area contributed by atoms with Gasteiger partial charge in [-0.25, -0.2) is 9.59 Å². The molecule has 1 saturated heterocycles. The maximum atomic E-state index is 12.5. The maximum absolute atomic E-state index is 12.5. The van der Waals surface area contributed by atoms with Crippen molar-refractivity contribution in [3.63, 3.8) is 0 Å². The van der Waals surface area contributed by atoms with Crippen molar-refractivity contribution in [3.05, 3.63) is 78.4 Å². The molecular weight excluding hydrogens is 408 g/mol. The Kier molecular flexibility index (Phi) is 10.1. The van der Waals surface area contributed by atoms with E-state index in [-0.39, 0.29) is 11.9 Å². The first-order valence-corrected chi connectivity index (χ1v) is 10.7. The summed E-state index contributed by atoms with van der Waals surface area (Å²) < 4.78 is 0. The number of aliphatic carboxylic acids is 2. The summed E-state index contributed by atoms with van der Waals surface area (Å²) in [4.78, 5) is 36.1. The number of carboxylic acid groups (broad SMARTS) is 2. The molecule has 2 aromatic rings. The van der Waals surface area contributed by atoms with Crippen LogP contribution in [0, 0.1) is 0 Å². The van der Waals surface area contributed by atoms with Gasteiger partial charge in [-0.1, -0.05) is 55.5 Å². The SMILES string of the molecule is CCC(=O)N(c1ccccc1)C1CCN(CCc2ccccc2)C1.O=C(O)/C=C/C(=O)O. The van der Waals surface area contributed by atoms with Gasteiger partial charge in [-0.3, -0.25) is 4.79 Å². The molecule has 0 bridgehead atoms. The van der Waals surface area contributed by atoms with Crippen LogP contribution in [-0.2, 0) is 20.8 Å². The monoisotopic (exact) mass is 438 g/mol. The number of likely N-dealkylation sites (tertiary alicyclic amines) is 1. The summed E-state index contributed by atoms with van der Waals surface area (Å²) in [6.07, 6.45) is 3.79. The highest BCUT2D eigenvalue weighted by molar-refractivity contribution is 5.93. The minimum Gasteiger partial charge on any atom is -0.478 e. The number of amides is 1. The molecule has 1 unspecified atom stereocenters. The quantitative estimate of drug-likeness (QED) is 0.613. The van der Waals surface area contributed by atoms with Crippen molar-refractivity contribution in [2.75, 3.05) is 24.5 Å². The molecule has 1 fully saturated rings. The van der Waals surface area contributed by atoms with Crippen LogP contribution in [0.3, 0.4) is 0 Å². The molecule has 2 aromatic carbocycles. The van der Waals surface area contributed by atoms with Crippen LogP contribution in [0.2, 0.25) is 0 Å². The molecule has 1 amide bonds. The number of anilines is 1. The fourth-order valence-electron chi connectivity index (χ4n) is 3.62. The van der Waals surface area contributed by atoms with E-state index in [9.17, 15) is 14.4 Å². The molecule has 0 aliphatic carbocycles. The number of carboxylic acids is 2. The largest absolute Gasteiger partial charge is 0.478 e. The van der Waals surface area contributed by atoms with Gasteiger partial charge in [0, 0.05) is 43.9 Å². The lowest BCUT2D eigenvalue weighted by Crippen LogP contribution is -2.42. The summed E-state index contributed by atoms with van der Waals surface area (Å²) in [6, 6.07) is 21.0. The van der Waals surface area contributed by atoms with Gasteiger partial charge in [0.2, 0.25) is 5.91 Å². The van der Waals surface area contributed by atoms with Gasteiger partial charge in [0.25, 0.3) is 0 Å². The first-order chi connectivity index (χ1) is 15.4. The number of rotatable bonds is 8. The molecule has 0 saturated carbocycles. The van der Waals surface area contributed by atoms with Crippen molar-refractivity contribution < 1.29 is 24.6 Å². The molecule has 1 heterocycles. The first kappa shape index (κ1) is 24.8. The van der Waals surface area contributed by atoms with Crippen molar-refractivity contribution in [2.45, 2.75) is 32.2 Å². The first-order valence-electron chi connectivity index (χ1n) is 10.7. The Bertz CT molecular complexity index is 883. The average Bonchev–Trinajstić information content (AvgIpc) is 3.26. The lowest BCUT2D eigenvalue weighted by molar-refractivity contribution is -0.134. The number of carbonyl (C=O) groups is 3. The van der Waals surface area contributed by atoms with Gasteiger partial charge in [-0.05, 0) is 30.5 Å². The Morgan fingerprint density at radius 3 is 2.06 bits per heavy atom. The van der Waals surface area contributed by atoms with E-state index in [2.05, 4.69) is 35.2 Å². The van der Waals surface area contributed by atoms with E-state index in [4.69, 9.17) is 10.2 Å². The van der Waals surface area contributed by atoms with Crippen LogP contribution in [0.5, 0.6) is 0 Å². The zero-order chi connectivity index (χ0) is 23.3. The minimum atomic E-state index is -1.26. The van der Waals surface area contributed by atoms with Gasteiger partial charge in [0.05, 0.1) is 6.04 Å². The van der Waals surface area contributed by atoms with Crippen LogP contribution < -0.4 is 4.90 Å². The van der Waals surface area contributed by atoms with E-state index >= 15 is 0 Å². The van der Waals surface area contributed by atoms with Crippen LogP contribution in [0.15, 0.2) is 72.8 Å². The van der Waals surface area contributed by atoms with Gasteiger partial charge in [0.15, 0.2) is 0 Å². The predicted molar refractivity (Wildman–Crippen MR) is 124 cm³/mol. The lowest BCUT2D eigenvalue weighted by Gasteiger charge is -2.29. The van der Waals surface area contributed by atoms with Crippen LogP contribution in [0.4, 0.5) is 5.69 Å². The highest BCUT2D eigenvalue weighted by Crippen LogP contribution is 2.24. The zero-order valence-corrected chi connectivity index (χ0v) is 18.3. The van der Waals surface area contributed by atoms with Crippen LogP contribution in [0.1, 0.15) is 25.3 Å². The van der Waals surface area contributed by atoms with Crippen molar-refractivity contribution in [1.29, 1.82) is 0 Å². The van der Waals surface area contributed by atoms with Gasteiger partial charge in [-0.15, -0.1) is 0 Å². The van der Waals surface area contributed by atoms with Gasteiger partial charge >= 0.3 is 11.9 Å². The van der Waals surface area contributed by atoms with E-state index in [1.54, 1.807) is 0 Å². The molecular formula is C25H30N2O5. The van der Waals surface area contributed by atoms with Crippen LogP contribution in [-0.4, -0.2) is 58.6 Å². The number of nitrogens with zero attached hydrogens (tertiary/aromatic N) is 2.